The highest BCUT2D eigenvalue weighted by Crippen LogP contribution is 2.17. The summed E-state index contributed by atoms with van der Waals surface area (Å²) in [5.41, 5.74) is 0. The summed E-state index contributed by atoms with van der Waals surface area (Å²) in [6, 6.07) is 0.00965. The van der Waals surface area contributed by atoms with Crippen LogP contribution in [0.25, 0.3) is 0 Å². The molecule has 2 N–H and O–H groups in total. The second-order valence-electron chi connectivity index (χ2n) is 7.16. The third-order valence-electron chi connectivity index (χ3n) is 4.35. The van der Waals surface area contributed by atoms with Crippen molar-refractivity contribution in [2.45, 2.75) is 59.0 Å². The Kier molecular flexibility index (Phi) is 8.37. The van der Waals surface area contributed by atoms with Crippen LogP contribution in [-0.2, 0) is 9.53 Å². The van der Waals surface area contributed by atoms with Gasteiger partial charge in [-0.2, -0.15) is 0 Å². The van der Waals surface area contributed by atoms with Crippen LogP contribution >= 0.6 is 0 Å². The van der Waals surface area contributed by atoms with E-state index in [9.17, 15) is 9.59 Å². The number of alkyl carbamates (subject to hydrolysis) is 1. The van der Waals surface area contributed by atoms with Crippen LogP contribution in [0.1, 0.15) is 47.0 Å². The van der Waals surface area contributed by atoms with E-state index in [1.807, 2.05) is 13.8 Å². The first-order chi connectivity index (χ1) is 10.8. The highest BCUT2D eigenvalue weighted by Gasteiger charge is 2.25. The van der Waals surface area contributed by atoms with E-state index in [1.54, 1.807) is 0 Å². The van der Waals surface area contributed by atoms with Gasteiger partial charge in [-0.1, -0.05) is 13.8 Å². The summed E-state index contributed by atoms with van der Waals surface area (Å²) in [4.78, 5) is 26.3. The van der Waals surface area contributed by atoms with Gasteiger partial charge in [0.15, 0.2) is 0 Å². The summed E-state index contributed by atoms with van der Waals surface area (Å²) in [6.07, 6.45) is 2.36. The van der Waals surface area contributed by atoms with Crippen LogP contribution in [0, 0.1) is 11.8 Å². The van der Waals surface area contributed by atoms with E-state index in [0.717, 1.165) is 19.5 Å². The van der Waals surface area contributed by atoms with E-state index in [-0.39, 0.29) is 5.91 Å². The largest absolute Gasteiger partial charge is 0.453 e. The monoisotopic (exact) mass is 327 g/mol. The van der Waals surface area contributed by atoms with Gasteiger partial charge in [0.1, 0.15) is 6.04 Å². The molecule has 0 aliphatic carbocycles. The van der Waals surface area contributed by atoms with Gasteiger partial charge in [0.2, 0.25) is 5.91 Å². The molecule has 6 heteroatoms. The molecule has 0 saturated carbocycles. The summed E-state index contributed by atoms with van der Waals surface area (Å²) >= 11 is 0. The lowest BCUT2D eigenvalue weighted by Crippen LogP contribution is -2.50. The molecule has 0 radical (unpaired) electrons. The van der Waals surface area contributed by atoms with Gasteiger partial charge in [-0.3, -0.25) is 4.79 Å². The zero-order valence-corrected chi connectivity index (χ0v) is 15.2. The molecule has 1 aliphatic rings. The molecule has 0 aromatic carbocycles. The Morgan fingerprint density at radius 2 is 1.96 bits per heavy atom. The number of carbonyl (C=O) groups excluding carboxylic acids is 2. The number of hydrogen-bond acceptors (Lipinski definition) is 4. The number of ether oxygens (including phenoxy) is 1. The molecule has 1 aliphatic heterocycles. The van der Waals surface area contributed by atoms with Crippen molar-refractivity contribution in [3.63, 3.8) is 0 Å². The third-order valence-corrected chi connectivity index (χ3v) is 4.35. The smallest absolute Gasteiger partial charge is 0.407 e. The third kappa shape index (κ3) is 7.20. The topological polar surface area (TPSA) is 70.7 Å². The number of likely N-dealkylation sites (tertiary alicyclic amines) is 1. The van der Waals surface area contributed by atoms with Crippen molar-refractivity contribution in [3.05, 3.63) is 0 Å². The average Bonchev–Trinajstić information content (AvgIpc) is 2.51. The molecule has 134 valence electrons. The SMILES string of the molecule is COC(=O)N[C@H](CC(C)C)C(=O)NC[C@@H]1CCCN(C(C)C)C1. The van der Waals surface area contributed by atoms with Gasteiger partial charge in [-0.15, -0.1) is 0 Å². The summed E-state index contributed by atoms with van der Waals surface area (Å²) in [6.45, 7) is 11.3. The summed E-state index contributed by atoms with van der Waals surface area (Å²) in [5, 5.41) is 5.64. The number of methoxy groups -OCH3 is 1. The average molecular weight is 327 g/mol. The van der Waals surface area contributed by atoms with Crippen molar-refractivity contribution < 1.29 is 14.3 Å². The Hall–Kier alpha value is -1.30. The first-order valence-electron chi connectivity index (χ1n) is 8.69. The van der Waals surface area contributed by atoms with E-state index in [4.69, 9.17) is 0 Å². The number of piperidine rings is 1. The van der Waals surface area contributed by atoms with Crippen molar-refractivity contribution >= 4 is 12.0 Å². The molecule has 1 rings (SSSR count). The number of nitrogens with one attached hydrogen (secondary N) is 2. The van der Waals surface area contributed by atoms with Crippen LogP contribution < -0.4 is 10.6 Å². The molecule has 6 nitrogen and oxygen atoms in total. The molecular formula is C17H33N3O3. The van der Waals surface area contributed by atoms with Crippen LogP contribution in [0.2, 0.25) is 0 Å². The van der Waals surface area contributed by atoms with Gasteiger partial charge in [0.05, 0.1) is 7.11 Å². The normalized spacial score (nSPS) is 20.4. The molecule has 0 bridgehead atoms. The Morgan fingerprint density at radius 1 is 1.26 bits per heavy atom. The fraction of sp³-hybridized carbons (Fsp3) is 0.882. The summed E-state index contributed by atoms with van der Waals surface area (Å²) in [5.74, 6) is 0.674. The Labute approximate surface area is 140 Å². The predicted octanol–water partition coefficient (Wildman–Crippen LogP) is 1.99. The lowest BCUT2D eigenvalue weighted by Gasteiger charge is -2.35. The van der Waals surface area contributed by atoms with Crippen LogP contribution in [0.4, 0.5) is 4.79 Å². The quantitative estimate of drug-likeness (QED) is 0.750. The lowest BCUT2D eigenvalue weighted by molar-refractivity contribution is -0.123. The first kappa shape index (κ1) is 19.7. The summed E-state index contributed by atoms with van der Waals surface area (Å²) in [7, 11) is 1.31. The van der Waals surface area contributed by atoms with Crippen molar-refractivity contribution in [1.82, 2.24) is 15.5 Å². The molecule has 0 aromatic heterocycles. The molecule has 0 aromatic rings. The second-order valence-corrected chi connectivity index (χ2v) is 7.16. The van der Waals surface area contributed by atoms with Gasteiger partial charge in [-0.05, 0) is 51.5 Å². The maximum atomic E-state index is 12.4. The second kappa shape index (κ2) is 9.75. The van der Waals surface area contributed by atoms with Crippen LogP contribution in [0.15, 0.2) is 0 Å². The minimum absolute atomic E-state index is 0.120. The Bertz CT molecular complexity index is 385. The molecule has 0 spiro atoms. The maximum absolute atomic E-state index is 12.4. The molecule has 23 heavy (non-hydrogen) atoms. The Morgan fingerprint density at radius 3 is 2.52 bits per heavy atom. The molecule has 2 atom stereocenters. The van der Waals surface area contributed by atoms with E-state index in [1.165, 1.54) is 13.5 Å². The number of amides is 2. The lowest BCUT2D eigenvalue weighted by atomic mass is 9.96. The van der Waals surface area contributed by atoms with E-state index in [2.05, 4.69) is 34.1 Å². The van der Waals surface area contributed by atoms with Gasteiger partial charge < -0.3 is 20.3 Å². The van der Waals surface area contributed by atoms with Gasteiger partial charge >= 0.3 is 6.09 Å². The van der Waals surface area contributed by atoms with Crippen molar-refractivity contribution in [3.8, 4) is 0 Å². The minimum atomic E-state index is -0.561. The molecule has 1 fully saturated rings. The zero-order valence-electron chi connectivity index (χ0n) is 15.2. The highest BCUT2D eigenvalue weighted by molar-refractivity contribution is 5.85. The summed E-state index contributed by atoms with van der Waals surface area (Å²) < 4.78 is 4.61. The van der Waals surface area contributed by atoms with E-state index < -0.39 is 12.1 Å². The molecule has 1 heterocycles. The molecular weight excluding hydrogens is 294 g/mol. The maximum Gasteiger partial charge on any atom is 0.407 e. The number of nitrogens with zero attached hydrogens (tertiary/aromatic N) is 1. The fourth-order valence-electron chi connectivity index (χ4n) is 3.01. The number of rotatable bonds is 7. The molecule has 1 saturated heterocycles. The predicted molar refractivity (Wildman–Crippen MR) is 91.2 cm³/mol. The van der Waals surface area contributed by atoms with Crippen molar-refractivity contribution in [2.75, 3.05) is 26.7 Å². The first-order valence-corrected chi connectivity index (χ1v) is 8.69. The fourth-order valence-corrected chi connectivity index (χ4v) is 3.01. The highest BCUT2D eigenvalue weighted by atomic mass is 16.5. The standard InChI is InChI=1S/C17H33N3O3/c1-12(2)9-15(19-17(22)23-5)16(21)18-10-14-7-6-8-20(11-14)13(3)4/h12-15H,6-11H2,1-5H3,(H,18,21)(H,19,22)/t14-,15+/m0/s1. The Balaban J connectivity index is 2.49. The van der Waals surface area contributed by atoms with Gasteiger partial charge in [0.25, 0.3) is 0 Å². The van der Waals surface area contributed by atoms with Crippen molar-refractivity contribution in [2.24, 2.45) is 11.8 Å². The number of carbonyl (C=O) groups is 2. The van der Waals surface area contributed by atoms with E-state index >= 15 is 0 Å². The van der Waals surface area contributed by atoms with Crippen LogP contribution in [-0.4, -0.2) is 55.7 Å². The minimum Gasteiger partial charge on any atom is -0.453 e. The van der Waals surface area contributed by atoms with Gasteiger partial charge in [-0.25, -0.2) is 4.79 Å². The van der Waals surface area contributed by atoms with Crippen LogP contribution in [0.5, 0.6) is 0 Å². The molecule has 0 unspecified atom stereocenters. The number of hydrogen-bond donors (Lipinski definition) is 2. The zero-order chi connectivity index (χ0) is 17.4. The van der Waals surface area contributed by atoms with Crippen molar-refractivity contribution in [1.29, 1.82) is 0 Å². The molecule has 2 amide bonds. The van der Waals surface area contributed by atoms with Gasteiger partial charge in [0, 0.05) is 19.1 Å². The van der Waals surface area contributed by atoms with E-state index in [0.29, 0.717) is 30.8 Å². The van der Waals surface area contributed by atoms with Crippen LogP contribution in [0.3, 0.4) is 0 Å².